The summed E-state index contributed by atoms with van der Waals surface area (Å²) in [6.45, 7) is 5.03. The highest BCUT2D eigenvalue weighted by Gasteiger charge is 2.46. The minimum Gasteiger partial charge on any atom is -0.350 e. The summed E-state index contributed by atoms with van der Waals surface area (Å²) >= 11 is 0. The fraction of sp³-hybridized carbons (Fsp3) is 1.00. The van der Waals surface area contributed by atoms with Gasteiger partial charge in [0.15, 0.2) is 14.8 Å². The van der Waals surface area contributed by atoms with Gasteiger partial charge in [-0.05, 0) is 5.92 Å². The SMILES string of the molecule is CC1[C@@H](CP=O)C2CO[C@H](O2)[C@H]1C. The molecule has 2 bridgehead atoms. The summed E-state index contributed by atoms with van der Waals surface area (Å²) in [5, 5.41) is 0. The van der Waals surface area contributed by atoms with E-state index < -0.39 is 0 Å². The van der Waals surface area contributed by atoms with E-state index in [9.17, 15) is 4.57 Å². The molecule has 0 N–H and O–H groups in total. The Morgan fingerprint density at radius 1 is 1.38 bits per heavy atom. The summed E-state index contributed by atoms with van der Waals surface area (Å²) in [4.78, 5) is 0. The first-order valence-electron chi connectivity index (χ1n) is 4.80. The van der Waals surface area contributed by atoms with Crippen molar-refractivity contribution in [3.8, 4) is 0 Å². The van der Waals surface area contributed by atoms with Crippen LogP contribution in [0.5, 0.6) is 0 Å². The second-order valence-corrected chi connectivity index (χ2v) is 4.69. The number of fused-ring (bicyclic) bond motifs is 2. The van der Waals surface area contributed by atoms with Gasteiger partial charge in [-0.3, -0.25) is 4.57 Å². The largest absolute Gasteiger partial charge is 0.350 e. The molecular formula is C9H15O3P. The monoisotopic (exact) mass is 202 g/mol. The molecule has 74 valence electrons. The molecule has 5 atom stereocenters. The first-order chi connectivity index (χ1) is 6.24. The van der Waals surface area contributed by atoms with Crippen LogP contribution in [0.2, 0.25) is 0 Å². The Labute approximate surface area is 80.0 Å². The van der Waals surface area contributed by atoms with Crippen molar-refractivity contribution in [1.29, 1.82) is 0 Å². The third-order valence-corrected chi connectivity index (χ3v) is 4.00. The predicted octanol–water partition coefficient (Wildman–Crippen LogP) is 1.92. The summed E-state index contributed by atoms with van der Waals surface area (Å²) in [6, 6.07) is 0. The van der Waals surface area contributed by atoms with Crippen molar-refractivity contribution in [1.82, 2.24) is 0 Å². The molecule has 2 saturated heterocycles. The minimum absolute atomic E-state index is 0.0143. The lowest BCUT2D eigenvalue weighted by atomic mass is 9.80. The van der Waals surface area contributed by atoms with Crippen LogP contribution in [0.25, 0.3) is 0 Å². The average Bonchev–Trinajstić information content (AvgIpc) is 2.56. The predicted molar refractivity (Wildman–Crippen MR) is 48.9 cm³/mol. The fourth-order valence-electron chi connectivity index (χ4n) is 2.29. The quantitative estimate of drug-likeness (QED) is 0.642. The lowest BCUT2D eigenvalue weighted by molar-refractivity contribution is -0.149. The maximum absolute atomic E-state index is 10.6. The van der Waals surface area contributed by atoms with E-state index in [4.69, 9.17) is 9.47 Å². The number of ether oxygens (including phenoxy) is 2. The smallest absolute Gasteiger partial charge is 0.160 e. The van der Waals surface area contributed by atoms with Crippen LogP contribution in [-0.2, 0) is 14.0 Å². The van der Waals surface area contributed by atoms with Crippen molar-refractivity contribution in [3.05, 3.63) is 0 Å². The first-order valence-corrected chi connectivity index (χ1v) is 5.80. The van der Waals surface area contributed by atoms with Crippen LogP contribution in [0.3, 0.4) is 0 Å². The summed E-state index contributed by atoms with van der Waals surface area (Å²) in [5.74, 6) is 1.37. The molecule has 2 unspecified atom stereocenters. The highest BCUT2D eigenvalue weighted by molar-refractivity contribution is 7.23. The van der Waals surface area contributed by atoms with Gasteiger partial charge in [-0.25, -0.2) is 0 Å². The third-order valence-electron chi connectivity index (χ3n) is 3.43. The molecule has 2 fully saturated rings. The second kappa shape index (κ2) is 3.64. The van der Waals surface area contributed by atoms with E-state index in [1.54, 1.807) is 0 Å². The van der Waals surface area contributed by atoms with Gasteiger partial charge in [0.25, 0.3) is 0 Å². The van der Waals surface area contributed by atoms with Gasteiger partial charge in [0.1, 0.15) is 0 Å². The maximum atomic E-state index is 10.6. The molecule has 0 aromatic heterocycles. The van der Waals surface area contributed by atoms with Crippen molar-refractivity contribution in [2.45, 2.75) is 26.2 Å². The van der Waals surface area contributed by atoms with E-state index in [0.29, 0.717) is 30.5 Å². The first kappa shape index (κ1) is 9.57. The molecule has 3 nitrogen and oxygen atoms in total. The highest BCUT2D eigenvalue weighted by atomic mass is 31.1. The van der Waals surface area contributed by atoms with Crippen LogP contribution in [0.15, 0.2) is 0 Å². The van der Waals surface area contributed by atoms with E-state index in [1.807, 2.05) is 0 Å². The lowest BCUT2D eigenvalue weighted by Crippen LogP contribution is -2.41. The molecule has 0 spiro atoms. The Kier molecular flexibility index (Phi) is 2.68. The van der Waals surface area contributed by atoms with Gasteiger partial charge in [-0.15, -0.1) is 0 Å². The van der Waals surface area contributed by atoms with Gasteiger partial charge < -0.3 is 9.47 Å². The minimum atomic E-state index is -0.0143. The van der Waals surface area contributed by atoms with Crippen molar-refractivity contribution >= 4 is 8.46 Å². The molecule has 0 aromatic rings. The molecule has 2 heterocycles. The van der Waals surface area contributed by atoms with E-state index in [-0.39, 0.29) is 20.9 Å². The highest BCUT2D eigenvalue weighted by Crippen LogP contribution is 2.40. The standard InChI is InChI=1S/C9H15O3P/c1-5-6(2)9-11-3-8(12-9)7(5)4-13-10/h5-9H,3-4H2,1-2H3/t5?,6-,7+,8?,9+/m0/s1. The Morgan fingerprint density at radius 3 is 2.85 bits per heavy atom. The summed E-state index contributed by atoms with van der Waals surface area (Å²) in [7, 11) is 0.226. The van der Waals surface area contributed by atoms with Crippen molar-refractivity contribution in [2.75, 3.05) is 12.8 Å². The van der Waals surface area contributed by atoms with Crippen molar-refractivity contribution < 1.29 is 14.0 Å². The van der Waals surface area contributed by atoms with E-state index in [2.05, 4.69) is 13.8 Å². The van der Waals surface area contributed by atoms with E-state index >= 15 is 0 Å². The number of rotatable bonds is 2. The molecule has 2 rings (SSSR count). The van der Waals surface area contributed by atoms with Crippen molar-refractivity contribution in [3.63, 3.8) is 0 Å². The normalized spacial score (nSPS) is 49.8. The van der Waals surface area contributed by atoms with Gasteiger partial charge in [0, 0.05) is 18.0 Å². The maximum Gasteiger partial charge on any atom is 0.160 e. The molecular weight excluding hydrogens is 187 g/mol. The summed E-state index contributed by atoms with van der Waals surface area (Å²) in [6.07, 6.45) is 0.865. The zero-order chi connectivity index (χ0) is 9.42. The molecule has 2 aliphatic heterocycles. The van der Waals surface area contributed by atoms with Crippen LogP contribution >= 0.6 is 8.46 Å². The Morgan fingerprint density at radius 2 is 2.15 bits per heavy atom. The molecule has 0 saturated carbocycles. The average molecular weight is 202 g/mol. The van der Waals surface area contributed by atoms with Crippen LogP contribution in [0, 0.1) is 17.8 Å². The molecule has 0 amide bonds. The summed E-state index contributed by atoms with van der Waals surface area (Å²) in [5.41, 5.74) is 0. The molecule has 0 aromatic carbocycles. The summed E-state index contributed by atoms with van der Waals surface area (Å²) < 4.78 is 21.8. The Balaban J connectivity index is 2.12. The van der Waals surface area contributed by atoms with Gasteiger partial charge in [-0.2, -0.15) is 0 Å². The van der Waals surface area contributed by atoms with Gasteiger partial charge in [-0.1, -0.05) is 13.8 Å². The molecule has 13 heavy (non-hydrogen) atoms. The molecule has 0 aliphatic carbocycles. The van der Waals surface area contributed by atoms with Gasteiger partial charge in [0.2, 0.25) is 0 Å². The Hall–Kier alpha value is 0.0200. The number of hydrogen-bond donors (Lipinski definition) is 0. The number of hydrogen-bond acceptors (Lipinski definition) is 3. The van der Waals surface area contributed by atoms with Crippen molar-refractivity contribution in [2.24, 2.45) is 17.8 Å². The molecule has 2 aliphatic rings. The molecule has 4 heteroatoms. The molecule has 0 radical (unpaired) electrons. The second-order valence-electron chi connectivity index (χ2n) is 4.07. The topological polar surface area (TPSA) is 35.5 Å². The fourth-order valence-corrected chi connectivity index (χ4v) is 3.03. The van der Waals surface area contributed by atoms with E-state index in [1.165, 1.54) is 0 Å². The lowest BCUT2D eigenvalue weighted by Gasteiger charge is -2.36. The van der Waals surface area contributed by atoms with Crippen LogP contribution in [0.1, 0.15) is 13.8 Å². The van der Waals surface area contributed by atoms with Crippen LogP contribution in [-0.4, -0.2) is 25.2 Å². The third kappa shape index (κ3) is 1.54. The van der Waals surface area contributed by atoms with E-state index in [0.717, 1.165) is 0 Å². The Bertz CT molecular complexity index is 209. The van der Waals surface area contributed by atoms with Gasteiger partial charge >= 0.3 is 0 Å². The van der Waals surface area contributed by atoms with Crippen LogP contribution < -0.4 is 0 Å². The van der Waals surface area contributed by atoms with Crippen LogP contribution in [0.4, 0.5) is 0 Å². The van der Waals surface area contributed by atoms with Gasteiger partial charge in [0.05, 0.1) is 12.7 Å². The zero-order valence-corrected chi connectivity index (χ0v) is 8.87. The zero-order valence-electron chi connectivity index (χ0n) is 7.97.